The fourth-order valence-electron chi connectivity index (χ4n) is 1.81. The van der Waals surface area contributed by atoms with E-state index in [1.807, 2.05) is 0 Å². The molecule has 126 valence electrons. The van der Waals surface area contributed by atoms with Crippen molar-refractivity contribution in [2.24, 2.45) is 0 Å². The maximum Gasteiger partial charge on any atom is 0.337 e. The predicted molar refractivity (Wildman–Crippen MR) is 86.7 cm³/mol. The third kappa shape index (κ3) is 3.81. The average Bonchev–Trinajstić information content (AvgIpc) is 2.54. The Hall–Kier alpha value is -2.65. The van der Waals surface area contributed by atoms with Gasteiger partial charge in [0.2, 0.25) is 0 Å². The molecule has 0 aromatic heterocycles. The molecule has 2 aromatic rings. The zero-order valence-electron chi connectivity index (χ0n) is 12.2. The van der Waals surface area contributed by atoms with Gasteiger partial charge < -0.3 is 4.74 Å². The second kappa shape index (κ2) is 6.85. The van der Waals surface area contributed by atoms with Gasteiger partial charge in [-0.05, 0) is 30.3 Å². The number of nitro benzene ring substituents is 1. The molecule has 0 aliphatic heterocycles. The summed E-state index contributed by atoms with van der Waals surface area (Å²) in [5.74, 6) is -0.564. The Morgan fingerprint density at radius 3 is 2.38 bits per heavy atom. The number of carbonyl (C=O) groups excluding carboxylic acids is 1. The summed E-state index contributed by atoms with van der Waals surface area (Å²) in [4.78, 5) is 21.0. The normalized spacial score (nSPS) is 10.9. The van der Waals surface area contributed by atoms with Crippen LogP contribution in [0.1, 0.15) is 10.4 Å². The van der Waals surface area contributed by atoms with Crippen molar-refractivity contribution < 1.29 is 22.9 Å². The Morgan fingerprint density at radius 2 is 1.83 bits per heavy atom. The van der Waals surface area contributed by atoms with Crippen molar-refractivity contribution in [1.82, 2.24) is 0 Å². The van der Waals surface area contributed by atoms with E-state index in [4.69, 9.17) is 11.6 Å². The summed E-state index contributed by atoms with van der Waals surface area (Å²) in [5, 5.41) is 10.6. The minimum Gasteiger partial charge on any atom is -0.465 e. The van der Waals surface area contributed by atoms with E-state index in [1.165, 1.54) is 31.4 Å². The highest BCUT2D eigenvalue weighted by Gasteiger charge is 2.22. The summed E-state index contributed by atoms with van der Waals surface area (Å²) in [6.45, 7) is 0. The molecule has 0 amide bonds. The lowest BCUT2D eigenvalue weighted by Gasteiger charge is -2.10. The maximum atomic E-state index is 12.4. The summed E-state index contributed by atoms with van der Waals surface area (Å²) in [7, 11) is -2.92. The van der Waals surface area contributed by atoms with Crippen molar-refractivity contribution in [3.8, 4) is 0 Å². The highest BCUT2D eigenvalue weighted by Crippen LogP contribution is 2.27. The SMILES string of the molecule is COC(=O)c1ccc(NS(=O)(=O)c2cc([N+](=O)[O-])ccc2Cl)cc1. The number of sulfonamides is 1. The minimum absolute atomic E-state index is 0.153. The van der Waals surface area contributed by atoms with Gasteiger partial charge in [-0.2, -0.15) is 0 Å². The van der Waals surface area contributed by atoms with Crippen LogP contribution >= 0.6 is 11.6 Å². The van der Waals surface area contributed by atoms with Crippen molar-refractivity contribution in [1.29, 1.82) is 0 Å². The zero-order valence-corrected chi connectivity index (χ0v) is 13.8. The second-order valence-electron chi connectivity index (χ2n) is 4.55. The molecule has 0 aliphatic carbocycles. The molecule has 0 fully saturated rings. The van der Waals surface area contributed by atoms with Gasteiger partial charge in [0.15, 0.2) is 0 Å². The molecular formula is C14H11ClN2O6S. The van der Waals surface area contributed by atoms with Gasteiger partial charge in [-0.25, -0.2) is 13.2 Å². The fourth-order valence-corrected chi connectivity index (χ4v) is 3.39. The Bertz CT molecular complexity index is 896. The van der Waals surface area contributed by atoms with E-state index < -0.39 is 31.5 Å². The molecule has 2 aromatic carbocycles. The molecular weight excluding hydrogens is 360 g/mol. The third-order valence-corrected chi connectivity index (χ3v) is 4.84. The molecule has 0 heterocycles. The predicted octanol–water partition coefficient (Wildman–Crippen LogP) is 2.84. The zero-order chi connectivity index (χ0) is 17.9. The number of benzene rings is 2. The third-order valence-electron chi connectivity index (χ3n) is 2.97. The number of hydrogen-bond donors (Lipinski definition) is 1. The molecule has 2 rings (SSSR count). The first-order chi connectivity index (χ1) is 11.2. The van der Waals surface area contributed by atoms with Crippen molar-refractivity contribution in [2.75, 3.05) is 11.8 Å². The molecule has 8 nitrogen and oxygen atoms in total. The summed E-state index contributed by atoms with van der Waals surface area (Å²) < 4.78 is 31.5. The number of anilines is 1. The first-order valence-corrected chi connectivity index (χ1v) is 8.26. The van der Waals surface area contributed by atoms with E-state index >= 15 is 0 Å². The molecule has 1 N–H and O–H groups in total. The molecule has 0 saturated heterocycles. The van der Waals surface area contributed by atoms with Crippen LogP contribution in [-0.4, -0.2) is 26.4 Å². The number of methoxy groups -OCH3 is 1. The van der Waals surface area contributed by atoms with Crippen LogP contribution in [0.15, 0.2) is 47.4 Å². The molecule has 0 spiro atoms. The fraction of sp³-hybridized carbons (Fsp3) is 0.0714. The van der Waals surface area contributed by atoms with Gasteiger partial charge >= 0.3 is 5.97 Å². The number of rotatable bonds is 5. The molecule has 0 atom stereocenters. The number of halogens is 1. The van der Waals surface area contributed by atoms with E-state index in [-0.39, 0.29) is 16.3 Å². The highest BCUT2D eigenvalue weighted by atomic mass is 35.5. The van der Waals surface area contributed by atoms with E-state index in [2.05, 4.69) is 9.46 Å². The van der Waals surface area contributed by atoms with E-state index in [0.29, 0.717) is 0 Å². The maximum absolute atomic E-state index is 12.4. The number of nitrogens with one attached hydrogen (secondary N) is 1. The van der Waals surface area contributed by atoms with E-state index in [9.17, 15) is 23.3 Å². The molecule has 24 heavy (non-hydrogen) atoms. The van der Waals surface area contributed by atoms with Crippen LogP contribution in [-0.2, 0) is 14.8 Å². The number of ether oxygens (including phenoxy) is 1. The van der Waals surface area contributed by atoms with Crippen molar-refractivity contribution in [2.45, 2.75) is 4.90 Å². The quantitative estimate of drug-likeness (QED) is 0.491. The smallest absolute Gasteiger partial charge is 0.337 e. The van der Waals surface area contributed by atoms with Crippen LogP contribution in [0.4, 0.5) is 11.4 Å². The molecule has 0 saturated carbocycles. The highest BCUT2D eigenvalue weighted by molar-refractivity contribution is 7.92. The summed E-state index contributed by atoms with van der Waals surface area (Å²) in [5.41, 5.74) is -0.000121. The topological polar surface area (TPSA) is 116 Å². The van der Waals surface area contributed by atoms with Crippen LogP contribution in [0, 0.1) is 10.1 Å². The Labute approximate surface area is 142 Å². The molecule has 0 radical (unpaired) electrons. The Morgan fingerprint density at radius 1 is 1.21 bits per heavy atom. The second-order valence-corrected chi connectivity index (χ2v) is 6.60. The van der Waals surface area contributed by atoms with Crippen LogP contribution < -0.4 is 4.72 Å². The van der Waals surface area contributed by atoms with Crippen molar-refractivity contribution in [3.63, 3.8) is 0 Å². The van der Waals surface area contributed by atoms with Crippen LogP contribution in [0.2, 0.25) is 5.02 Å². The lowest BCUT2D eigenvalue weighted by atomic mass is 10.2. The largest absolute Gasteiger partial charge is 0.465 e. The number of hydrogen-bond acceptors (Lipinski definition) is 6. The first kappa shape index (κ1) is 17.7. The van der Waals surface area contributed by atoms with Crippen molar-refractivity contribution >= 4 is 39.0 Å². The lowest BCUT2D eigenvalue weighted by molar-refractivity contribution is -0.385. The van der Waals surface area contributed by atoms with E-state index in [0.717, 1.165) is 18.2 Å². The van der Waals surface area contributed by atoms with Gasteiger partial charge in [0.25, 0.3) is 15.7 Å². The van der Waals surface area contributed by atoms with Crippen LogP contribution in [0.5, 0.6) is 0 Å². The number of nitrogens with zero attached hydrogens (tertiary/aromatic N) is 1. The van der Waals surface area contributed by atoms with Crippen LogP contribution in [0.25, 0.3) is 0 Å². The number of carbonyl (C=O) groups is 1. The molecule has 0 aliphatic rings. The standard InChI is InChI=1S/C14H11ClN2O6S/c1-23-14(18)9-2-4-10(5-3-9)16-24(21,22)13-8-11(17(19)20)6-7-12(13)15/h2-8,16H,1H3. The van der Waals surface area contributed by atoms with Crippen LogP contribution in [0.3, 0.4) is 0 Å². The average molecular weight is 371 g/mol. The molecule has 10 heteroatoms. The monoisotopic (exact) mass is 370 g/mol. The van der Waals surface area contributed by atoms with Crippen molar-refractivity contribution in [3.05, 3.63) is 63.2 Å². The molecule has 0 unspecified atom stereocenters. The number of esters is 1. The molecule has 0 bridgehead atoms. The van der Waals surface area contributed by atoms with Gasteiger partial charge in [-0.15, -0.1) is 0 Å². The summed E-state index contributed by atoms with van der Waals surface area (Å²) >= 11 is 5.83. The van der Waals surface area contributed by atoms with Gasteiger partial charge in [-0.1, -0.05) is 11.6 Å². The van der Waals surface area contributed by atoms with Gasteiger partial charge in [0.1, 0.15) is 4.90 Å². The minimum atomic E-state index is -4.14. The number of non-ortho nitro benzene ring substituents is 1. The Kier molecular flexibility index (Phi) is 5.05. The van der Waals surface area contributed by atoms with Gasteiger partial charge in [0.05, 0.1) is 22.6 Å². The first-order valence-electron chi connectivity index (χ1n) is 6.40. The van der Waals surface area contributed by atoms with E-state index in [1.54, 1.807) is 0 Å². The van der Waals surface area contributed by atoms with Gasteiger partial charge in [0, 0.05) is 17.8 Å². The Balaban J connectivity index is 2.33. The number of nitro groups is 1. The summed E-state index contributed by atoms with van der Waals surface area (Å²) in [6, 6.07) is 8.57. The lowest BCUT2D eigenvalue weighted by Crippen LogP contribution is -2.14. The summed E-state index contributed by atoms with van der Waals surface area (Å²) in [6.07, 6.45) is 0. The van der Waals surface area contributed by atoms with Gasteiger partial charge in [-0.3, -0.25) is 14.8 Å².